The van der Waals surface area contributed by atoms with Gasteiger partial charge < -0.3 is 15.1 Å². The van der Waals surface area contributed by atoms with Crippen molar-refractivity contribution in [3.8, 4) is 0 Å². The van der Waals surface area contributed by atoms with Gasteiger partial charge in [0.05, 0.1) is 5.01 Å². The molecule has 0 bridgehead atoms. The van der Waals surface area contributed by atoms with Gasteiger partial charge in [0, 0.05) is 63.0 Å². The van der Waals surface area contributed by atoms with Gasteiger partial charge in [0.1, 0.15) is 5.82 Å². The number of aromatic nitrogens is 1. The Labute approximate surface area is 152 Å². The third kappa shape index (κ3) is 4.69. The lowest BCUT2D eigenvalue weighted by Crippen LogP contribution is -2.52. The molecule has 0 spiro atoms. The van der Waals surface area contributed by atoms with E-state index in [2.05, 4.69) is 32.0 Å². The van der Waals surface area contributed by atoms with E-state index in [1.165, 1.54) is 17.0 Å². The fourth-order valence-electron chi connectivity index (χ4n) is 2.96. The van der Waals surface area contributed by atoms with Crippen LogP contribution >= 0.6 is 11.3 Å². The van der Waals surface area contributed by atoms with Crippen LogP contribution in [0.1, 0.15) is 9.88 Å². The summed E-state index contributed by atoms with van der Waals surface area (Å²) in [5, 5.41) is 4.59. The molecule has 0 atom stereocenters. The summed E-state index contributed by atoms with van der Waals surface area (Å²) in [6.07, 6.45) is 2.83. The molecule has 0 aliphatic carbocycles. The van der Waals surface area contributed by atoms with E-state index in [1.54, 1.807) is 11.3 Å². The fourth-order valence-corrected chi connectivity index (χ4v) is 3.75. The lowest BCUT2D eigenvalue weighted by atomic mass is 10.2. The maximum Gasteiger partial charge on any atom is 0.193 e. The van der Waals surface area contributed by atoms with E-state index in [9.17, 15) is 4.39 Å². The Morgan fingerprint density at radius 2 is 1.96 bits per heavy atom. The third-order valence-electron chi connectivity index (χ3n) is 4.27. The van der Waals surface area contributed by atoms with Crippen molar-refractivity contribution >= 4 is 23.0 Å². The van der Waals surface area contributed by atoms with Gasteiger partial charge in [-0.05, 0) is 31.2 Å². The molecule has 1 aromatic carbocycles. The third-order valence-corrected chi connectivity index (χ3v) is 5.25. The van der Waals surface area contributed by atoms with Crippen LogP contribution in [0, 0.1) is 12.7 Å². The molecule has 1 aliphatic heterocycles. The van der Waals surface area contributed by atoms with Gasteiger partial charge in [0.25, 0.3) is 0 Å². The number of hydrogen-bond acceptors (Lipinski definition) is 4. The monoisotopic (exact) mass is 361 g/mol. The molecule has 0 saturated carbocycles. The van der Waals surface area contributed by atoms with Gasteiger partial charge in [-0.15, -0.1) is 11.3 Å². The van der Waals surface area contributed by atoms with Crippen molar-refractivity contribution in [1.29, 1.82) is 0 Å². The number of guanidine groups is 1. The van der Waals surface area contributed by atoms with Crippen LogP contribution < -0.4 is 10.2 Å². The van der Waals surface area contributed by atoms with Crippen molar-refractivity contribution in [3.63, 3.8) is 0 Å². The second-order valence-corrected chi connectivity index (χ2v) is 7.36. The van der Waals surface area contributed by atoms with Crippen molar-refractivity contribution < 1.29 is 4.39 Å². The Morgan fingerprint density at radius 3 is 2.56 bits per heavy atom. The summed E-state index contributed by atoms with van der Waals surface area (Å²) >= 11 is 1.74. The van der Waals surface area contributed by atoms with Crippen LogP contribution in [-0.2, 0) is 6.42 Å². The minimum Gasteiger partial charge on any atom is -0.368 e. The molecule has 1 saturated heterocycles. The normalized spacial score (nSPS) is 15.6. The summed E-state index contributed by atoms with van der Waals surface area (Å²) in [4.78, 5) is 14.6. The number of thiazole rings is 1. The Morgan fingerprint density at radius 1 is 1.24 bits per heavy atom. The molecule has 1 aromatic heterocycles. The van der Waals surface area contributed by atoms with Gasteiger partial charge in [0.15, 0.2) is 5.96 Å². The number of hydrogen-bond donors (Lipinski definition) is 1. The number of anilines is 1. The van der Waals surface area contributed by atoms with Crippen LogP contribution in [0.3, 0.4) is 0 Å². The first-order valence-electron chi connectivity index (χ1n) is 8.53. The Kier molecular flexibility index (Phi) is 5.86. The molecule has 25 heavy (non-hydrogen) atoms. The first-order chi connectivity index (χ1) is 12.2. The molecule has 0 radical (unpaired) electrons. The van der Waals surface area contributed by atoms with Crippen LogP contribution in [0.15, 0.2) is 35.5 Å². The fraction of sp³-hybridized carbons (Fsp3) is 0.444. The summed E-state index contributed by atoms with van der Waals surface area (Å²) in [7, 11) is 1.82. The molecule has 3 rings (SSSR count). The van der Waals surface area contributed by atoms with E-state index >= 15 is 0 Å². The van der Waals surface area contributed by atoms with Crippen molar-refractivity contribution in [2.24, 2.45) is 4.99 Å². The maximum atomic E-state index is 13.1. The summed E-state index contributed by atoms with van der Waals surface area (Å²) < 4.78 is 13.1. The van der Waals surface area contributed by atoms with Crippen LogP contribution in [0.5, 0.6) is 0 Å². The molecule has 1 N–H and O–H groups in total. The minimum atomic E-state index is -0.192. The maximum absolute atomic E-state index is 13.1. The highest BCUT2D eigenvalue weighted by Gasteiger charge is 2.19. The van der Waals surface area contributed by atoms with Crippen molar-refractivity contribution in [3.05, 3.63) is 46.2 Å². The number of benzene rings is 1. The molecule has 1 fully saturated rings. The Balaban J connectivity index is 1.47. The molecule has 5 nitrogen and oxygen atoms in total. The summed E-state index contributed by atoms with van der Waals surface area (Å²) in [5.41, 5.74) is 1.07. The lowest BCUT2D eigenvalue weighted by molar-refractivity contribution is 0.373. The number of piperazine rings is 1. The SMILES string of the molecule is CN=C(NCCc1ncc(C)s1)N1CCN(c2ccc(F)cc2)CC1. The zero-order valence-electron chi connectivity index (χ0n) is 14.7. The standard InChI is InChI=1S/C18H24FN5S/c1-14-13-22-17(25-14)7-8-21-18(20-2)24-11-9-23(10-12-24)16-5-3-15(19)4-6-16/h3-6,13H,7-12H2,1-2H3,(H,20,21). The van der Waals surface area contributed by atoms with Gasteiger partial charge in [0.2, 0.25) is 0 Å². The average Bonchev–Trinajstić information content (AvgIpc) is 3.05. The van der Waals surface area contributed by atoms with Crippen molar-refractivity contribution in [2.45, 2.75) is 13.3 Å². The van der Waals surface area contributed by atoms with Crippen LogP contribution in [-0.4, -0.2) is 55.6 Å². The molecule has 2 heterocycles. The van der Waals surface area contributed by atoms with E-state index in [1.807, 2.05) is 25.4 Å². The van der Waals surface area contributed by atoms with Crippen LogP contribution in [0.2, 0.25) is 0 Å². The number of aryl methyl sites for hydroxylation is 1. The average molecular weight is 361 g/mol. The number of rotatable bonds is 4. The van der Waals surface area contributed by atoms with E-state index in [0.29, 0.717) is 0 Å². The van der Waals surface area contributed by atoms with Gasteiger partial charge >= 0.3 is 0 Å². The second kappa shape index (κ2) is 8.29. The summed E-state index contributed by atoms with van der Waals surface area (Å²) in [6.45, 7) is 6.50. The number of aliphatic imine (C=N–C) groups is 1. The second-order valence-electron chi connectivity index (χ2n) is 6.04. The lowest BCUT2D eigenvalue weighted by Gasteiger charge is -2.37. The highest BCUT2D eigenvalue weighted by atomic mass is 32.1. The zero-order chi connectivity index (χ0) is 17.6. The van der Waals surface area contributed by atoms with Crippen molar-refractivity contribution in [2.75, 3.05) is 44.7 Å². The van der Waals surface area contributed by atoms with E-state index < -0.39 is 0 Å². The van der Waals surface area contributed by atoms with Gasteiger partial charge in [-0.25, -0.2) is 9.37 Å². The van der Waals surface area contributed by atoms with E-state index in [4.69, 9.17) is 0 Å². The summed E-state index contributed by atoms with van der Waals surface area (Å²) in [6, 6.07) is 6.72. The quantitative estimate of drug-likeness (QED) is 0.671. The van der Waals surface area contributed by atoms with E-state index in [-0.39, 0.29) is 5.82 Å². The largest absolute Gasteiger partial charge is 0.368 e. The topological polar surface area (TPSA) is 43.8 Å². The molecule has 1 aliphatic rings. The molecule has 0 amide bonds. The predicted octanol–water partition coefficient (Wildman–Crippen LogP) is 2.53. The molecule has 7 heteroatoms. The Bertz CT molecular complexity index is 705. The Hall–Kier alpha value is -2.15. The number of halogens is 1. The summed E-state index contributed by atoms with van der Waals surface area (Å²) in [5.74, 6) is 0.745. The molecule has 2 aromatic rings. The first kappa shape index (κ1) is 17.7. The molecular formula is C18H24FN5S. The van der Waals surface area contributed by atoms with Gasteiger partial charge in [-0.3, -0.25) is 4.99 Å². The molecule has 134 valence electrons. The van der Waals surface area contributed by atoms with Crippen molar-refractivity contribution in [1.82, 2.24) is 15.2 Å². The van der Waals surface area contributed by atoms with Crippen LogP contribution in [0.4, 0.5) is 10.1 Å². The molecular weight excluding hydrogens is 337 g/mol. The highest BCUT2D eigenvalue weighted by Crippen LogP contribution is 2.17. The highest BCUT2D eigenvalue weighted by molar-refractivity contribution is 7.11. The smallest absolute Gasteiger partial charge is 0.193 e. The minimum absolute atomic E-state index is 0.192. The van der Waals surface area contributed by atoms with Gasteiger partial charge in [-0.2, -0.15) is 0 Å². The zero-order valence-corrected chi connectivity index (χ0v) is 15.5. The first-order valence-corrected chi connectivity index (χ1v) is 9.35. The predicted molar refractivity (Wildman–Crippen MR) is 102 cm³/mol. The number of nitrogens with one attached hydrogen (secondary N) is 1. The number of nitrogens with zero attached hydrogens (tertiary/aromatic N) is 4. The van der Waals surface area contributed by atoms with Gasteiger partial charge in [-0.1, -0.05) is 0 Å². The molecule has 0 unspecified atom stereocenters. The van der Waals surface area contributed by atoms with E-state index in [0.717, 1.165) is 55.8 Å². The van der Waals surface area contributed by atoms with Crippen LogP contribution in [0.25, 0.3) is 0 Å².